The maximum Gasteiger partial charge on any atom is 0.0471 e. The van der Waals surface area contributed by atoms with Crippen molar-refractivity contribution in [1.82, 2.24) is 0 Å². The summed E-state index contributed by atoms with van der Waals surface area (Å²) in [5.41, 5.74) is 0. The first-order chi connectivity index (χ1) is 7.20. The van der Waals surface area contributed by atoms with Crippen LogP contribution in [0.15, 0.2) is 0 Å². The second-order valence-corrected chi connectivity index (χ2v) is 5.70. The molecule has 0 aliphatic heterocycles. The zero-order valence-electron chi connectivity index (χ0n) is 9.03. The Labute approximate surface area is 114 Å². The third-order valence-electron chi connectivity index (χ3n) is 2.37. The van der Waals surface area contributed by atoms with Gasteiger partial charge < -0.3 is 0 Å². The highest BCUT2D eigenvalue weighted by Crippen LogP contribution is 2.14. The minimum atomic E-state index is 0.148. The van der Waals surface area contributed by atoms with Crippen LogP contribution in [0.1, 0.15) is 44.9 Å². The van der Waals surface area contributed by atoms with E-state index in [1.54, 1.807) is 0 Å². The predicted octanol–water partition coefficient (Wildman–Crippen LogP) is 5.41. The summed E-state index contributed by atoms with van der Waals surface area (Å²) in [6.45, 7) is 0. The van der Waals surface area contributed by atoms with Crippen molar-refractivity contribution in [3.63, 3.8) is 0 Å². The topological polar surface area (TPSA) is 0 Å². The van der Waals surface area contributed by atoms with Crippen molar-refractivity contribution in [2.75, 3.05) is 11.8 Å². The first-order valence-electron chi connectivity index (χ1n) is 5.60. The van der Waals surface area contributed by atoms with Crippen molar-refractivity contribution in [3.05, 3.63) is 0 Å². The molecule has 4 heteroatoms. The Kier molecular flexibility index (Phi) is 12.5. The molecule has 0 aliphatic rings. The van der Waals surface area contributed by atoms with Gasteiger partial charge in [0.05, 0.1) is 0 Å². The fourth-order valence-corrected chi connectivity index (χ4v) is 2.03. The van der Waals surface area contributed by atoms with Crippen LogP contribution < -0.4 is 0 Å². The van der Waals surface area contributed by atoms with Crippen LogP contribution in [0, 0.1) is 0 Å². The number of halogens is 4. The van der Waals surface area contributed by atoms with Gasteiger partial charge in [0, 0.05) is 22.5 Å². The Balaban J connectivity index is 3.05. The highest BCUT2D eigenvalue weighted by atomic mass is 35.5. The molecule has 0 bridgehead atoms. The highest BCUT2D eigenvalue weighted by Gasteiger charge is 2.03. The molecule has 92 valence electrons. The second kappa shape index (κ2) is 11.6. The van der Waals surface area contributed by atoms with E-state index < -0.39 is 0 Å². The van der Waals surface area contributed by atoms with Gasteiger partial charge in [0.2, 0.25) is 0 Å². The summed E-state index contributed by atoms with van der Waals surface area (Å²) in [4.78, 5) is 0. The number of hydrogen-bond acceptors (Lipinski definition) is 0. The van der Waals surface area contributed by atoms with Crippen LogP contribution in [0.3, 0.4) is 0 Å². The van der Waals surface area contributed by atoms with Crippen molar-refractivity contribution in [3.8, 4) is 0 Å². The molecule has 0 saturated carbocycles. The maximum absolute atomic E-state index is 5.90. The van der Waals surface area contributed by atoms with Gasteiger partial charge in [-0.15, -0.1) is 46.4 Å². The number of alkyl halides is 4. The van der Waals surface area contributed by atoms with Gasteiger partial charge in [-0.05, 0) is 12.8 Å². The minimum absolute atomic E-state index is 0.148. The summed E-state index contributed by atoms with van der Waals surface area (Å²) in [6.07, 6.45) is 8.18. The van der Waals surface area contributed by atoms with E-state index in [4.69, 9.17) is 46.4 Å². The van der Waals surface area contributed by atoms with Gasteiger partial charge in [0.1, 0.15) is 0 Å². The summed E-state index contributed by atoms with van der Waals surface area (Å²) in [6, 6.07) is 0. The van der Waals surface area contributed by atoms with E-state index >= 15 is 0 Å². The van der Waals surface area contributed by atoms with E-state index in [1.807, 2.05) is 0 Å². The standard InChI is InChI=1S/C11H20Cl4/c12-8-10(14)6-4-2-1-3-5-7-11(15)9-13/h10-11H,1-9H2/t10-,11-/m0/s1. The van der Waals surface area contributed by atoms with Crippen molar-refractivity contribution in [2.45, 2.75) is 55.7 Å². The molecule has 0 aromatic heterocycles. The summed E-state index contributed by atoms with van der Waals surface area (Å²) in [5, 5.41) is 0.297. The molecule has 2 atom stereocenters. The predicted molar refractivity (Wildman–Crippen MR) is 73.0 cm³/mol. The van der Waals surface area contributed by atoms with Crippen LogP contribution in [0.4, 0.5) is 0 Å². The van der Waals surface area contributed by atoms with Crippen molar-refractivity contribution in [2.24, 2.45) is 0 Å². The molecule has 0 aromatic carbocycles. The smallest absolute Gasteiger partial charge is 0.0471 e. The lowest BCUT2D eigenvalue weighted by Crippen LogP contribution is -2.00. The van der Waals surface area contributed by atoms with Crippen LogP contribution in [0.5, 0.6) is 0 Å². The van der Waals surface area contributed by atoms with Gasteiger partial charge in [0.15, 0.2) is 0 Å². The lowest BCUT2D eigenvalue weighted by Gasteiger charge is -2.06. The number of unbranched alkanes of at least 4 members (excludes halogenated alkanes) is 4. The van der Waals surface area contributed by atoms with E-state index in [0.717, 1.165) is 12.8 Å². The molecule has 0 aliphatic carbocycles. The fourth-order valence-electron chi connectivity index (χ4n) is 1.42. The summed E-state index contributed by atoms with van der Waals surface area (Å²) in [5.74, 6) is 1.12. The Bertz CT molecular complexity index is 116. The average Bonchev–Trinajstić information content (AvgIpc) is 2.26. The highest BCUT2D eigenvalue weighted by molar-refractivity contribution is 6.28. The Morgan fingerprint density at radius 1 is 0.600 bits per heavy atom. The fraction of sp³-hybridized carbons (Fsp3) is 1.00. The molecule has 0 nitrogen and oxygen atoms in total. The molecule has 0 rings (SSSR count). The molecule has 0 radical (unpaired) electrons. The molecule has 0 heterocycles. The first-order valence-corrected chi connectivity index (χ1v) is 7.55. The van der Waals surface area contributed by atoms with Crippen molar-refractivity contribution >= 4 is 46.4 Å². The van der Waals surface area contributed by atoms with E-state index in [9.17, 15) is 0 Å². The van der Waals surface area contributed by atoms with Gasteiger partial charge in [-0.25, -0.2) is 0 Å². The molecule has 0 amide bonds. The van der Waals surface area contributed by atoms with Gasteiger partial charge in [-0.1, -0.05) is 32.1 Å². The molecule has 15 heavy (non-hydrogen) atoms. The minimum Gasteiger partial charge on any atom is -0.125 e. The van der Waals surface area contributed by atoms with E-state index in [1.165, 1.54) is 32.1 Å². The van der Waals surface area contributed by atoms with E-state index in [0.29, 0.717) is 11.8 Å². The van der Waals surface area contributed by atoms with Gasteiger partial charge in [0.25, 0.3) is 0 Å². The lowest BCUT2D eigenvalue weighted by molar-refractivity contribution is 0.576. The van der Waals surface area contributed by atoms with E-state index in [2.05, 4.69) is 0 Å². The molecule has 0 aromatic rings. The molecule has 0 unspecified atom stereocenters. The van der Waals surface area contributed by atoms with Crippen LogP contribution in [0.25, 0.3) is 0 Å². The monoisotopic (exact) mass is 292 g/mol. The second-order valence-electron chi connectivity index (χ2n) is 3.85. The Hall–Kier alpha value is 1.16. The van der Waals surface area contributed by atoms with Gasteiger partial charge in [-0.2, -0.15) is 0 Å². The van der Waals surface area contributed by atoms with Crippen LogP contribution in [0.2, 0.25) is 0 Å². The van der Waals surface area contributed by atoms with Crippen molar-refractivity contribution < 1.29 is 0 Å². The summed E-state index contributed by atoms with van der Waals surface area (Å²) >= 11 is 23.0. The zero-order valence-corrected chi connectivity index (χ0v) is 12.1. The first kappa shape index (κ1) is 16.2. The molecular formula is C11H20Cl4. The van der Waals surface area contributed by atoms with Crippen LogP contribution in [-0.2, 0) is 0 Å². The normalized spacial score (nSPS) is 15.2. The molecule has 0 spiro atoms. The van der Waals surface area contributed by atoms with E-state index in [-0.39, 0.29) is 10.8 Å². The molecular weight excluding hydrogens is 274 g/mol. The SMILES string of the molecule is ClC[C@@H](Cl)CCCCCCC[C@H](Cl)CCl. The summed E-state index contributed by atoms with van der Waals surface area (Å²) in [7, 11) is 0. The molecule has 0 N–H and O–H groups in total. The largest absolute Gasteiger partial charge is 0.125 e. The quantitative estimate of drug-likeness (QED) is 0.373. The van der Waals surface area contributed by atoms with Crippen LogP contribution in [-0.4, -0.2) is 22.5 Å². The van der Waals surface area contributed by atoms with Gasteiger partial charge in [-0.3, -0.25) is 0 Å². The molecule has 0 saturated heterocycles. The van der Waals surface area contributed by atoms with Gasteiger partial charge >= 0.3 is 0 Å². The van der Waals surface area contributed by atoms with Crippen molar-refractivity contribution in [1.29, 1.82) is 0 Å². The third-order valence-corrected chi connectivity index (χ3v) is 4.18. The maximum atomic E-state index is 5.90. The third kappa shape index (κ3) is 11.4. The Morgan fingerprint density at radius 2 is 0.933 bits per heavy atom. The number of hydrogen-bond donors (Lipinski definition) is 0. The molecule has 0 fully saturated rings. The Morgan fingerprint density at radius 3 is 1.27 bits per heavy atom. The van der Waals surface area contributed by atoms with Crippen LogP contribution >= 0.6 is 46.4 Å². The lowest BCUT2D eigenvalue weighted by atomic mass is 10.1. The summed E-state index contributed by atoms with van der Waals surface area (Å²) < 4.78 is 0. The average molecular weight is 294 g/mol. The zero-order chi connectivity index (χ0) is 11.5. The number of rotatable bonds is 10.